The number of fused-ring (bicyclic) bond motifs is 10. The molecule has 5 fully saturated rings. The number of rotatable bonds is 6. The number of ether oxygens (including phenoxy) is 6. The molecule has 100 heavy (non-hydrogen) atoms. The molecule has 7 aliphatic heterocycles. The highest BCUT2D eigenvalue weighted by Crippen LogP contribution is 2.41. The van der Waals surface area contributed by atoms with Crippen LogP contribution in [0.5, 0.6) is 17.2 Å². The number of anilines is 6. The lowest BCUT2D eigenvalue weighted by Crippen LogP contribution is -2.59. The third-order valence-corrected chi connectivity index (χ3v) is 17.9. The Labute approximate surface area is 613 Å². The second-order valence-electron chi connectivity index (χ2n) is 28.7. The van der Waals surface area contributed by atoms with Crippen LogP contribution >= 0.6 is 54.0 Å². The maximum absolute atomic E-state index is 13.4. The highest BCUT2D eigenvalue weighted by Gasteiger charge is 2.39. The Morgan fingerprint density at radius 1 is 0.660 bits per heavy atom. The topological polar surface area (TPSA) is 304 Å². The zero-order chi connectivity index (χ0) is 69.0. The van der Waals surface area contributed by atoms with Gasteiger partial charge in [0.25, 0.3) is 11.2 Å². The number of aliphatic hydroxyl groups excluding tert-OH is 1. The fraction of sp³-hybridized carbons (Fsp3) is 0.580. The molecule has 3 aromatic carbocycles. The molecular formula is C69H103N13O14S4. The van der Waals surface area contributed by atoms with Crippen molar-refractivity contribution >= 4 is 129 Å². The summed E-state index contributed by atoms with van der Waals surface area (Å²) >= 11 is 0. The van der Waals surface area contributed by atoms with Crippen molar-refractivity contribution < 1.29 is 57.6 Å². The molecule has 13 rings (SSSR count). The Hall–Kier alpha value is -7.45. The number of aromatic nitrogens is 3. The first-order valence-corrected chi connectivity index (χ1v) is 33.5. The van der Waals surface area contributed by atoms with Gasteiger partial charge in [0, 0.05) is 126 Å². The SMILES string of the molecule is CC(=O)c1c(C)c2cnc(Nc3ccc4c(c3)OC[C@@H]3CNCCN43)nc2n(C2CCCC2)c1=O.CC(C)(C)OC(=O)N1CCC[C@H](CO)C1.CC(C)(C)OC(=O)N1CCN2c3ccc(N)cc3OC[C@@H]2C1.CC(C)(C)OC(=O)N1CCN2c3ccc([N+](=O)[O-])cc3OC[C@@H]2C1.S.S.S.S. The molecule has 5 N–H and O–H groups in total. The van der Waals surface area contributed by atoms with Crippen molar-refractivity contribution in [3.63, 3.8) is 0 Å². The van der Waals surface area contributed by atoms with Crippen LogP contribution in [0.25, 0.3) is 11.0 Å². The molecule has 2 aromatic heterocycles. The zero-order valence-electron chi connectivity index (χ0n) is 59.3. The van der Waals surface area contributed by atoms with E-state index in [0.29, 0.717) is 93.7 Å². The molecule has 27 nitrogen and oxygen atoms in total. The first-order valence-electron chi connectivity index (χ1n) is 33.5. The maximum Gasteiger partial charge on any atom is 0.410 e. The van der Waals surface area contributed by atoms with Crippen molar-refractivity contribution in [2.45, 2.75) is 156 Å². The minimum atomic E-state index is -0.525. The van der Waals surface area contributed by atoms with E-state index in [1.807, 2.05) is 92.6 Å². The summed E-state index contributed by atoms with van der Waals surface area (Å²) in [6.45, 7) is 29.7. The summed E-state index contributed by atoms with van der Waals surface area (Å²) in [5, 5.41) is 27.4. The number of nitrogens with two attached hydrogens (primary N) is 1. The Bertz CT molecular complexity index is 3750. The molecule has 3 amide bonds. The number of ketones is 1. The van der Waals surface area contributed by atoms with E-state index < -0.39 is 21.7 Å². The minimum Gasteiger partial charge on any atom is -0.489 e. The van der Waals surface area contributed by atoms with Gasteiger partial charge in [0.1, 0.15) is 59.5 Å². The summed E-state index contributed by atoms with van der Waals surface area (Å²) in [5.41, 5.74) is 10.1. The first-order chi connectivity index (χ1) is 45.5. The third-order valence-electron chi connectivity index (χ3n) is 17.9. The van der Waals surface area contributed by atoms with Crippen molar-refractivity contribution in [2.75, 3.05) is 124 Å². The number of piperidine rings is 1. The van der Waals surface area contributed by atoms with Gasteiger partial charge in [-0.05, 0) is 144 Å². The molecule has 1 aliphatic carbocycles. The van der Waals surface area contributed by atoms with Crippen molar-refractivity contribution in [1.29, 1.82) is 0 Å². The number of nitrogens with one attached hydrogen (secondary N) is 2. The van der Waals surface area contributed by atoms with Gasteiger partial charge in [0.05, 0.1) is 51.7 Å². The quantitative estimate of drug-likeness (QED) is 0.0404. The predicted molar refractivity (Wildman–Crippen MR) is 407 cm³/mol. The van der Waals surface area contributed by atoms with Crippen LogP contribution in [0, 0.1) is 23.0 Å². The molecule has 552 valence electrons. The minimum absolute atomic E-state index is 0. The van der Waals surface area contributed by atoms with Gasteiger partial charge in [0.2, 0.25) is 5.95 Å². The van der Waals surface area contributed by atoms with Gasteiger partial charge < -0.3 is 79.3 Å². The Kier molecular flexibility index (Phi) is 28.1. The van der Waals surface area contributed by atoms with Crippen molar-refractivity contribution in [1.82, 2.24) is 34.6 Å². The summed E-state index contributed by atoms with van der Waals surface area (Å²) in [6.07, 6.45) is 6.79. The molecular weight excluding hydrogens is 1360 g/mol. The van der Waals surface area contributed by atoms with Crippen molar-refractivity contribution in [3.8, 4) is 17.2 Å². The number of likely N-dealkylation sites (tertiary alicyclic amines) is 1. The molecule has 1 saturated carbocycles. The number of pyridine rings is 1. The molecule has 0 spiro atoms. The van der Waals surface area contributed by atoms with Gasteiger partial charge in [-0.15, -0.1) is 0 Å². The number of carbonyl (C=O) groups is 4. The van der Waals surface area contributed by atoms with Crippen LogP contribution in [0.2, 0.25) is 0 Å². The van der Waals surface area contributed by atoms with Gasteiger partial charge in [-0.25, -0.2) is 19.4 Å². The third kappa shape index (κ3) is 20.0. The van der Waals surface area contributed by atoms with Crippen LogP contribution in [0.3, 0.4) is 0 Å². The van der Waals surface area contributed by atoms with Crippen molar-refractivity contribution in [2.24, 2.45) is 5.92 Å². The van der Waals surface area contributed by atoms with E-state index in [1.165, 1.54) is 19.1 Å². The second kappa shape index (κ2) is 34.5. The molecule has 4 saturated heterocycles. The lowest BCUT2D eigenvalue weighted by molar-refractivity contribution is -0.384. The van der Waals surface area contributed by atoms with Crippen LogP contribution in [0.1, 0.15) is 130 Å². The number of aryl methyl sites for hydroxylation is 1. The number of nitrogen functional groups attached to an aromatic ring is 1. The average molecular weight is 1470 g/mol. The van der Waals surface area contributed by atoms with Crippen LogP contribution in [0.15, 0.2) is 65.6 Å². The van der Waals surface area contributed by atoms with Crippen LogP contribution < -0.4 is 50.8 Å². The van der Waals surface area contributed by atoms with Crippen LogP contribution in [-0.2, 0) is 14.2 Å². The maximum atomic E-state index is 13.4. The Morgan fingerprint density at radius 2 is 1.16 bits per heavy atom. The molecule has 5 aromatic rings. The smallest absolute Gasteiger partial charge is 0.410 e. The number of benzene rings is 3. The number of nitro groups is 1. The fourth-order valence-corrected chi connectivity index (χ4v) is 13.3. The second-order valence-corrected chi connectivity index (χ2v) is 28.7. The number of piperazine rings is 3. The highest BCUT2D eigenvalue weighted by atomic mass is 32.1. The number of Topliss-reactive ketones (excluding diaryl/α,β-unsaturated/α-hetero) is 1. The standard InChI is InChI=1S/C26H30N6O3.C16H21N3O5.C16H23N3O3.C11H21NO3.4H2S/c1-15-20-13-28-26(30-24(20)32(18-5-3-4-6-18)25(34)23(15)16(2)33)29-17-7-8-21-22(11-17)35-14-19-12-27-9-10-31(19)21;1-16(2,3)24-15(20)17-6-7-18-12(9-17)10-23-14-8-11(19(21)22)4-5-13(14)18;1-16(2,3)22-15(20)18-6-7-19-12(9-18)10-21-14-8-11(17)4-5-13(14)19;1-11(2,3)15-10(14)12-6-4-5-9(7-12)8-13;;;;/h7-8,11,13,18-19,27H,3-6,9-10,12,14H2,1-2H3,(H,28,29,30);4-5,8,12H,6-7,9-10H2,1-3H3;4-5,8,12H,6-7,9-10,17H2,1-3H3;9,13H,4-8H2,1-3H3;4*1H2/t19-;2*12-;9-;;;;/m0000..../s1. The number of aliphatic hydroxyl groups is 1. The molecule has 31 heteroatoms. The molecule has 4 atom stereocenters. The van der Waals surface area contributed by atoms with Crippen LogP contribution in [-0.4, -0.2) is 197 Å². The summed E-state index contributed by atoms with van der Waals surface area (Å²) in [4.78, 5) is 93.6. The van der Waals surface area contributed by atoms with E-state index in [2.05, 4.69) is 36.4 Å². The van der Waals surface area contributed by atoms with E-state index in [0.717, 1.165) is 111 Å². The normalized spacial score (nSPS) is 19.7. The van der Waals surface area contributed by atoms with Gasteiger partial charge in [-0.1, -0.05) is 12.8 Å². The van der Waals surface area contributed by atoms with E-state index >= 15 is 0 Å². The van der Waals surface area contributed by atoms with E-state index in [1.54, 1.807) is 38.5 Å². The number of amides is 3. The number of carbonyl (C=O) groups excluding carboxylic acids is 4. The number of hydrogen-bond donors (Lipinski definition) is 4. The summed E-state index contributed by atoms with van der Waals surface area (Å²) in [5.74, 6) is 2.59. The van der Waals surface area contributed by atoms with Gasteiger partial charge in [-0.3, -0.25) is 24.3 Å². The fourth-order valence-electron chi connectivity index (χ4n) is 13.3. The van der Waals surface area contributed by atoms with E-state index in [9.17, 15) is 34.1 Å². The van der Waals surface area contributed by atoms with Gasteiger partial charge >= 0.3 is 18.3 Å². The molecule has 0 radical (unpaired) electrons. The van der Waals surface area contributed by atoms with E-state index in [-0.39, 0.29) is 126 Å². The first kappa shape index (κ1) is 81.5. The Balaban J connectivity index is 0.000000216. The number of nitrogens with zero attached hydrogens (tertiary/aromatic N) is 10. The lowest BCUT2D eigenvalue weighted by atomic mass is 9.99. The van der Waals surface area contributed by atoms with Gasteiger partial charge in [0.15, 0.2) is 5.78 Å². The Morgan fingerprint density at radius 3 is 1.69 bits per heavy atom. The molecule has 0 bridgehead atoms. The number of nitro benzene ring substituents is 1. The molecule has 0 unspecified atom stereocenters. The highest BCUT2D eigenvalue weighted by molar-refractivity contribution is 7.59. The van der Waals surface area contributed by atoms with Crippen LogP contribution in [0.4, 0.5) is 54.5 Å². The lowest BCUT2D eigenvalue weighted by Gasteiger charge is -2.45. The van der Waals surface area contributed by atoms with Crippen molar-refractivity contribution in [3.05, 3.63) is 92.4 Å². The summed E-state index contributed by atoms with van der Waals surface area (Å²) in [7, 11) is 0. The summed E-state index contributed by atoms with van der Waals surface area (Å²) < 4.78 is 35.4. The molecule has 8 aliphatic rings. The van der Waals surface area contributed by atoms with Gasteiger partial charge in [-0.2, -0.15) is 59.0 Å². The average Bonchev–Trinajstić information content (AvgIpc) is 1.06. The number of non-ortho nitro benzene ring substituents is 1. The summed E-state index contributed by atoms with van der Waals surface area (Å²) in [6, 6.07) is 17.0. The predicted octanol–water partition coefficient (Wildman–Crippen LogP) is 9.91. The molecule has 9 heterocycles. The number of hydrogen-bond acceptors (Lipinski definition) is 22. The van der Waals surface area contributed by atoms with E-state index in [4.69, 9.17) is 44.2 Å². The largest absolute Gasteiger partial charge is 0.489 e. The monoisotopic (exact) mass is 1470 g/mol. The zero-order valence-corrected chi connectivity index (χ0v) is 63.3.